The molecule has 2 N–H and O–H groups in total. The molecule has 1 unspecified atom stereocenters. The average Bonchev–Trinajstić information content (AvgIpc) is 3.87. The van der Waals surface area contributed by atoms with Crippen LogP contribution in [0.15, 0.2) is 55.2 Å². The zero-order chi connectivity index (χ0) is 35.2. The molecule has 0 aliphatic carbocycles. The minimum atomic E-state index is -4.27. The van der Waals surface area contributed by atoms with Gasteiger partial charge in [0.05, 0.1) is 11.8 Å². The lowest BCUT2D eigenvalue weighted by Gasteiger charge is -2.26. The number of para-hydroxylation sites is 1. The fourth-order valence-corrected chi connectivity index (χ4v) is 9.00. The predicted molar refractivity (Wildman–Crippen MR) is 196 cm³/mol. The summed E-state index contributed by atoms with van der Waals surface area (Å²) in [6.07, 6.45) is -0.698. The lowest BCUT2D eigenvalue weighted by Crippen LogP contribution is -2.31. The van der Waals surface area contributed by atoms with E-state index in [9.17, 15) is 18.4 Å². The molecule has 3 aromatic heterocycles. The molecule has 0 amide bonds. The van der Waals surface area contributed by atoms with Gasteiger partial charge in [0.2, 0.25) is 5.95 Å². The van der Waals surface area contributed by atoms with Crippen LogP contribution >= 0.6 is 11.3 Å². The number of nitrogens with one attached hydrogen (secondary N) is 2. The summed E-state index contributed by atoms with van der Waals surface area (Å²) in [5.41, 5.74) is 7.69. The standard InChI is InChI=1S/C38H41F3N8S/c1-5-44-33-24(2)7-6-8-26(33)11-14-49-28(20-42)17-30-25(3)27(9-10-32(30)49)21-47-15-12-37(22-47)13-16-48(23-37)34-31-18-29(19-38(39,40)41)50-35(31)46-36(43-4)45-34/h5-10,17-18,44H,1,11-16,19,21-23H2,2-4H3,(H,43,45,46). The number of rotatable bonds is 10. The second kappa shape index (κ2) is 13.3. The molecule has 12 heteroatoms. The number of aryl methyl sites for hydroxylation is 4. The summed E-state index contributed by atoms with van der Waals surface area (Å²) in [6, 6.07) is 16.7. The zero-order valence-corrected chi connectivity index (χ0v) is 29.4. The van der Waals surface area contributed by atoms with Crippen LogP contribution in [0.1, 0.15) is 45.7 Å². The van der Waals surface area contributed by atoms with Crippen molar-refractivity contribution in [1.29, 1.82) is 5.26 Å². The molecule has 1 atom stereocenters. The van der Waals surface area contributed by atoms with E-state index >= 15 is 0 Å². The Kier molecular flexibility index (Phi) is 8.99. The second-order valence-corrected chi connectivity index (χ2v) is 14.9. The molecule has 2 aromatic carbocycles. The summed E-state index contributed by atoms with van der Waals surface area (Å²) < 4.78 is 41.8. The number of halogens is 3. The highest BCUT2D eigenvalue weighted by Gasteiger charge is 2.44. The van der Waals surface area contributed by atoms with Crippen LogP contribution in [-0.2, 0) is 25.9 Å². The van der Waals surface area contributed by atoms with Crippen molar-refractivity contribution >= 4 is 49.9 Å². The summed E-state index contributed by atoms with van der Waals surface area (Å²) in [5, 5.41) is 18.2. The maximum absolute atomic E-state index is 13.2. The van der Waals surface area contributed by atoms with E-state index in [-0.39, 0.29) is 10.3 Å². The lowest BCUT2D eigenvalue weighted by molar-refractivity contribution is -0.126. The van der Waals surface area contributed by atoms with E-state index in [2.05, 4.69) is 86.8 Å². The molecule has 7 rings (SSSR count). The van der Waals surface area contributed by atoms with E-state index in [1.54, 1.807) is 19.3 Å². The number of alkyl halides is 3. The summed E-state index contributed by atoms with van der Waals surface area (Å²) in [7, 11) is 1.73. The van der Waals surface area contributed by atoms with Gasteiger partial charge in [-0.2, -0.15) is 23.4 Å². The van der Waals surface area contributed by atoms with E-state index in [4.69, 9.17) is 4.98 Å². The van der Waals surface area contributed by atoms with Crippen LogP contribution in [0, 0.1) is 30.6 Å². The number of hydrogen-bond donors (Lipinski definition) is 2. The van der Waals surface area contributed by atoms with Crippen LogP contribution in [0.2, 0.25) is 0 Å². The van der Waals surface area contributed by atoms with Gasteiger partial charge < -0.3 is 20.1 Å². The first kappa shape index (κ1) is 33.9. The quantitative estimate of drug-likeness (QED) is 0.152. The van der Waals surface area contributed by atoms with Crippen LogP contribution in [0.3, 0.4) is 0 Å². The molecule has 260 valence electrons. The average molecular weight is 699 g/mol. The number of nitriles is 1. The van der Waals surface area contributed by atoms with Crippen molar-refractivity contribution in [3.63, 3.8) is 0 Å². The van der Waals surface area contributed by atoms with Crippen molar-refractivity contribution in [2.45, 2.75) is 58.8 Å². The van der Waals surface area contributed by atoms with E-state index in [1.807, 2.05) is 6.07 Å². The lowest BCUT2D eigenvalue weighted by atomic mass is 9.86. The number of anilines is 3. The van der Waals surface area contributed by atoms with Gasteiger partial charge in [-0.05, 0) is 86.3 Å². The van der Waals surface area contributed by atoms with E-state index in [0.717, 1.165) is 85.5 Å². The number of aromatic nitrogens is 3. The fourth-order valence-electron chi connectivity index (χ4n) is 7.95. The SMILES string of the molecule is C=CNc1c(C)cccc1CCn1c(C#N)cc2c(C)c(CN3CCC4(CCN(c5nc(NC)nc6sc(CC(F)(F)F)cc56)C4)C3)ccc21. The van der Waals surface area contributed by atoms with Gasteiger partial charge in [0.15, 0.2) is 0 Å². The maximum atomic E-state index is 13.2. The van der Waals surface area contributed by atoms with Crippen LogP contribution in [0.4, 0.5) is 30.6 Å². The van der Waals surface area contributed by atoms with Gasteiger partial charge in [-0.25, -0.2) is 4.98 Å². The predicted octanol–water partition coefficient (Wildman–Crippen LogP) is 8.18. The maximum Gasteiger partial charge on any atom is 0.393 e. The van der Waals surface area contributed by atoms with E-state index in [0.29, 0.717) is 34.2 Å². The molecule has 0 saturated carbocycles. The number of nitrogens with zero attached hydrogens (tertiary/aromatic N) is 6. The number of thiophene rings is 1. The molecule has 5 heterocycles. The number of benzene rings is 2. The third-order valence-electron chi connectivity index (χ3n) is 10.5. The Bertz CT molecular complexity index is 2130. The van der Waals surface area contributed by atoms with Gasteiger partial charge in [0.1, 0.15) is 22.4 Å². The Labute approximate surface area is 294 Å². The molecule has 0 radical (unpaired) electrons. The highest BCUT2D eigenvalue weighted by molar-refractivity contribution is 7.18. The molecule has 50 heavy (non-hydrogen) atoms. The van der Waals surface area contributed by atoms with Gasteiger partial charge in [-0.1, -0.05) is 30.8 Å². The van der Waals surface area contributed by atoms with E-state index in [1.165, 1.54) is 16.7 Å². The molecule has 5 aromatic rings. The molecule has 2 saturated heterocycles. The molecule has 0 bridgehead atoms. The number of fused-ring (bicyclic) bond motifs is 2. The van der Waals surface area contributed by atoms with Gasteiger partial charge >= 0.3 is 6.18 Å². The first-order chi connectivity index (χ1) is 24.0. The minimum absolute atomic E-state index is 0.0896. The number of likely N-dealkylation sites (tertiary alicyclic amines) is 1. The summed E-state index contributed by atoms with van der Waals surface area (Å²) in [4.78, 5) is 14.8. The Hall–Kier alpha value is -4.60. The Morgan fingerprint density at radius 2 is 1.88 bits per heavy atom. The van der Waals surface area contributed by atoms with Crippen molar-refractivity contribution in [3.8, 4) is 6.07 Å². The van der Waals surface area contributed by atoms with Gasteiger partial charge in [-0.3, -0.25) is 4.90 Å². The molecule has 8 nitrogen and oxygen atoms in total. The van der Waals surface area contributed by atoms with Crippen molar-refractivity contribution in [1.82, 2.24) is 19.4 Å². The summed E-state index contributed by atoms with van der Waals surface area (Å²) >= 11 is 1.09. The van der Waals surface area contributed by atoms with Crippen molar-refractivity contribution < 1.29 is 13.2 Å². The molecule has 2 aliphatic heterocycles. The zero-order valence-electron chi connectivity index (χ0n) is 28.6. The third kappa shape index (κ3) is 6.52. The largest absolute Gasteiger partial charge is 0.393 e. The minimum Gasteiger partial charge on any atom is -0.362 e. The smallest absolute Gasteiger partial charge is 0.362 e. The summed E-state index contributed by atoms with van der Waals surface area (Å²) in [6.45, 7) is 13.1. The monoisotopic (exact) mass is 698 g/mol. The number of hydrogen-bond acceptors (Lipinski definition) is 8. The van der Waals surface area contributed by atoms with Crippen LogP contribution < -0.4 is 15.5 Å². The van der Waals surface area contributed by atoms with Crippen molar-refractivity contribution in [2.24, 2.45) is 5.41 Å². The molecular weight excluding hydrogens is 658 g/mol. The Morgan fingerprint density at radius 1 is 1.06 bits per heavy atom. The topological polar surface area (TPSA) is 85.0 Å². The molecule has 2 aliphatic rings. The van der Waals surface area contributed by atoms with Gasteiger partial charge in [-0.15, -0.1) is 11.3 Å². The first-order valence-corrected chi connectivity index (χ1v) is 17.8. The third-order valence-corrected chi connectivity index (χ3v) is 11.5. The van der Waals surface area contributed by atoms with Crippen LogP contribution in [0.5, 0.6) is 0 Å². The van der Waals surface area contributed by atoms with Gasteiger partial charge in [0.25, 0.3) is 0 Å². The molecule has 2 fully saturated rings. The van der Waals surface area contributed by atoms with Crippen LogP contribution in [-0.4, -0.2) is 58.8 Å². The first-order valence-electron chi connectivity index (χ1n) is 17.0. The molecule has 1 spiro atoms. The highest BCUT2D eigenvalue weighted by atomic mass is 32.1. The van der Waals surface area contributed by atoms with Crippen LogP contribution in [0.25, 0.3) is 21.1 Å². The van der Waals surface area contributed by atoms with Crippen molar-refractivity contribution in [2.75, 3.05) is 48.8 Å². The Morgan fingerprint density at radius 3 is 2.64 bits per heavy atom. The Balaban J connectivity index is 1.07. The van der Waals surface area contributed by atoms with Crippen molar-refractivity contribution in [3.05, 3.63) is 88.1 Å². The van der Waals surface area contributed by atoms with E-state index < -0.39 is 12.6 Å². The highest BCUT2D eigenvalue weighted by Crippen LogP contribution is 2.44. The second-order valence-electron chi connectivity index (χ2n) is 13.8. The van der Waals surface area contributed by atoms with Gasteiger partial charge in [0, 0.05) is 66.7 Å². The molecular formula is C38H41F3N8S. The fraction of sp³-hybridized carbons (Fsp3) is 0.395. The summed E-state index contributed by atoms with van der Waals surface area (Å²) in [5.74, 6) is 1.14. The normalized spacial score (nSPS) is 18.1.